The molecular weight excluding hydrogens is 292 g/mol. The number of aliphatic hydroxyl groups is 1. The van der Waals surface area contributed by atoms with Crippen LogP contribution in [0.1, 0.15) is 29.0 Å². The van der Waals surface area contributed by atoms with E-state index in [0.717, 1.165) is 0 Å². The molecular formula is C11H11BrO5. The molecule has 0 aromatic heterocycles. The molecule has 0 amide bonds. The predicted molar refractivity (Wildman–Crippen MR) is 63.1 cm³/mol. The number of carbonyl (C=O) groups excluding carboxylic acids is 1. The number of hydrogen-bond acceptors (Lipinski definition) is 4. The molecule has 5 nitrogen and oxygen atoms in total. The van der Waals surface area contributed by atoms with E-state index in [9.17, 15) is 19.8 Å². The van der Waals surface area contributed by atoms with Crippen LogP contribution in [0, 0.1) is 0 Å². The minimum atomic E-state index is -1.78. The summed E-state index contributed by atoms with van der Waals surface area (Å²) in [6.07, 6.45) is -1.78. The van der Waals surface area contributed by atoms with Gasteiger partial charge in [-0.3, -0.25) is 4.79 Å². The molecule has 0 spiro atoms. The number of phenols is 1. The molecule has 17 heavy (non-hydrogen) atoms. The SMILES string of the molecule is CC(=O)C(Br)c1ccc(C(O)C(=O)O)c(O)c1. The maximum atomic E-state index is 11.1. The van der Waals surface area contributed by atoms with E-state index in [1.165, 1.54) is 25.1 Å². The smallest absolute Gasteiger partial charge is 0.337 e. The third-order valence-corrected chi connectivity index (χ3v) is 3.41. The molecule has 0 aliphatic carbocycles. The number of carboxylic acid groups (broad SMARTS) is 1. The van der Waals surface area contributed by atoms with Crippen LogP contribution >= 0.6 is 15.9 Å². The lowest BCUT2D eigenvalue weighted by atomic mass is 10.0. The van der Waals surface area contributed by atoms with E-state index in [-0.39, 0.29) is 17.1 Å². The van der Waals surface area contributed by atoms with E-state index in [4.69, 9.17) is 5.11 Å². The number of carbonyl (C=O) groups is 2. The van der Waals surface area contributed by atoms with Crippen LogP contribution in [0.2, 0.25) is 0 Å². The second kappa shape index (κ2) is 5.29. The zero-order chi connectivity index (χ0) is 13.2. The lowest BCUT2D eigenvalue weighted by molar-refractivity contribution is -0.147. The first-order chi connectivity index (χ1) is 7.84. The minimum Gasteiger partial charge on any atom is -0.508 e. The quantitative estimate of drug-likeness (QED) is 0.733. The van der Waals surface area contributed by atoms with Gasteiger partial charge in [0.1, 0.15) is 11.5 Å². The molecule has 1 aromatic rings. The van der Waals surface area contributed by atoms with Crippen molar-refractivity contribution >= 4 is 27.7 Å². The van der Waals surface area contributed by atoms with E-state index in [2.05, 4.69) is 15.9 Å². The predicted octanol–water partition coefficient (Wildman–Crippen LogP) is 1.54. The van der Waals surface area contributed by atoms with Gasteiger partial charge < -0.3 is 15.3 Å². The Kier molecular flexibility index (Phi) is 4.25. The van der Waals surface area contributed by atoms with Crippen LogP contribution in [-0.2, 0) is 9.59 Å². The average molecular weight is 303 g/mol. The van der Waals surface area contributed by atoms with Crippen molar-refractivity contribution in [2.24, 2.45) is 0 Å². The lowest BCUT2D eigenvalue weighted by Gasteiger charge is -2.11. The van der Waals surface area contributed by atoms with Crippen molar-refractivity contribution in [2.45, 2.75) is 17.9 Å². The first kappa shape index (κ1) is 13.7. The second-order valence-electron chi connectivity index (χ2n) is 3.53. The van der Waals surface area contributed by atoms with Gasteiger partial charge in [0.2, 0.25) is 0 Å². The first-order valence-corrected chi connectivity index (χ1v) is 5.64. The van der Waals surface area contributed by atoms with Crippen molar-refractivity contribution in [1.82, 2.24) is 0 Å². The van der Waals surface area contributed by atoms with Gasteiger partial charge in [-0.2, -0.15) is 0 Å². The Morgan fingerprint density at radius 2 is 1.94 bits per heavy atom. The normalized spacial score (nSPS) is 14.1. The Balaban J connectivity index is 3.10. The Bertz CT molecular complexity index is 457. The number of aliphatic hydroxyl groups excluding tert-OH is 1. The molecule has 0 bridgehead atoms. The van der Waals surface area contributed by atoms with Gasteiger partial charge in [-0.25, -0.2) is 4.79 Å². The Morgan fingerprint density at radius 1 is 1.35 bits per heavy atom. The molecule has 0 heterocycles. The number of ketones is 1. The van der Waals surface area contributed by atoms with Crippen molar-refractivity contribution in [1.29, 1.82) is 0 Å². The van der Waals surface area contributed by atoms with Crippen LogP contribution in [0.25, 0.3) is 0 Å². The highest BCUT2D eigenvalue weighted by atomic mass is 79.9. The van der Waals surface area contributed by atoms with E-state index in [0.29, 0.717) is 5.56 Å². The molecule has 2 unspecified atom stereocenters. The summed E-state index contributed by atoms with van der Waals surface area (Å²) >= 11 is 3.14. The van der Waals surface area contributed by atoms with E-state index >= 15 is 0 Å². The minimum absolute atomic E-state index is 0.107. The summed E-state index contributed by atoms with van der Waals surface area (Å²) in [5, 5.41) is 27.5. The van der Waals surface area contributed by atoms with Crippen molar-refractivity contribution in [3.05, 3.63) is 29.3 Å². The molecule has 0 saturated heterocycles. The third kappa shape index (κ3) is 3.04. The molecule has 0 aliphatic heterocycles. The van der Waals surface area contributed by atoms with Gasteiger partial charge in [-0.05, 0) is 18.6 Å². The van der Waals surface area contributed by atoms with E-state index < -0.39 is 16.9 Å². The number of phenolic OH excluding ortho intramolecular Hbond substituents is 1. The standard InChI is InChI=1S/C11H11BrO5/c1-5(13)9(12)6-2-3-7(8(14)4-6)10(15)11(16)17/h2-4,9-10,14-15H,1H3,(H,16,17). The van der Waals surface area contributed by atoms with Gasteiger partial charge >= 0.3 is 5.97 Å². The van der Waals surface area contributed by atoms with Gasteiger partial charge in [0.25, 0.3) is 0 Å². The molecule has 1 aromatic carbocycles. The largest absolute Gasteiger partial charge is 0.508 e. The van der Waals surface area contributed by atoms with Crippen molar-refractivity contribution in [3.8, 4) is 5.75 Å². The number of rotatable bonds is 4. The van der Waals surface area contributed by atoms with Crippen LogP contribution in [0.3, 0.4) is 0 Å². The Hall–Kier alpha value is -1.40. The number of aliphatic carboxylic acids is 1. The van der Waals surface area contributed by atoms with Crippen LogP contribution in [0.5, 0.6) is 5.75 Å². The molecule has 6 heteroatoms. The number of benzene rings is 1. The van der Waals surface area contributed by atoms with Crippen LogP contribution < -0.4 is 0 Å². The zero-order valence-electron chi connectivity index (χ0n) is 8.92. The summed E-state index contributed by atoms with van der Waals surface area (Å²) in [5.41, 5.74) is 0.390. The molecule has 1 rings (SSSR count). The first-order valence-electron chi connectivity index (χ1n) is 4.72. The summed E-state index contributed by atoms with van der Waals surface area (Å²) in [6.45, 7) is 1.39. The van der Waals surface area contributed by atoms with Crippen LogP contribution in [-0.4, -0.2) is 27.1 Å². The number of hydrogen-bond donors (Lipinski definition) is 3. The number of aromatic hydroxyl groups is 1. The topological polar surface area (TPSA) is 94.8 Å². The number of carboxylic acids is 1. The summed E-state index contributed by atoms with van der Waals surface area (Å²) in [5.74, 6) is -1.95. The van der Waals surface area contributed by atoms with Crippen molar-refractivity contribution < 1.29 is 24.9 Å². The van der Waals surface area contributed by atoms with Gasteiger partial charge in [0.05, 0.1) is 4.83 Å². The van der Waals surface area contributed by atoms with Crippen molar-refractivity contribution in [3.63, 3.8) is 0 Å². The molecule has 0 saturated carbocycles. The van der Waals surface area contributed by atoms with E-state index in [1.807, 2.05) is 0 Å². The lowest BCUT2D eigenvalue weighted by Crippen LogP contribution is -2.11. The summed E-state index contributed by atoms with van der Waals surface area (Å²) in [4.78, 5) is 21.1. The summed E-state index contributed by atoms with van der Waals surface area (Å²) < 4.78 is 0. The van der Waals surface area contributed by atoms with Crippen LogP contribution in [0.15, 0.2) is 18.2 Å². The molecule has 3 N–H and O–H groups in total. The van der Waals surface area contributed by atoms with Gasteiger partial charge in [0, 0.05) is 5.56 Å². The molecule has 2 atom stereocenters. The molecule has 0 aliphatic rings. The molecule has 0 fully saturated rings. The Labute approximate surface area is 106 Å². The number of Topliss-reactive ketones (excluding diaryl/α,β-unsaturated/α-hetero) is 1. The maximum absolute atomic E-state index is 11.1. The summed E-state index contributed by atoms with van der Waals surface area (Å²) in [7, 11) is 0. The number of halogens is 1. The second-order valence-corrected chi connectivity index (χ2v) is 4.45. The fourth-order valence-corrected chi connectivity index (χ4v) is 1.60. The average Bonchev–Trinajstić information content (AvgIpc) is 2.26. The highest BCUT2D eigenvalue weighted by molar-refractivity contribution is 9.09. The monoisotopic (exact) mass is 302 g/mol. The highest BCUT2D eigenvalue weighted by Gasteiger charge is 2.21. The third-order valence-electron chi connectivity index (χ3n) is 2.23. The molecule has 92 valence electrons. The molecule has 0 radical (unpaired) electrons. The van der Waals surface area contributed by atoms with E-state index in [1.54, 1.807) is 0 Å². The van der Waals surface area contributed by atoms with Gasteiger partial charge in [0.15, 0.2) is 6.10 Å². The number of alkyl halides is 1. The highest BCUT2D eigenvalue weighted by Crippen LogP contribution is 2.31. The fraction of sp³-hybridized carbons (Fsp3) is 0.273. The summed E-state index contributed by atoms with van der Waals surface area (Å²) in [6, 6.07) is 4.00. The fourth-order valence-electron chi connectivity index (χ4n) is 1.32. The van der Waals surface area contributed by atoms with Gasteiger partial charge in [-0.1, -0.05) is 28.1 Å². The van der Waals surface area contributed by atoms with Gasteiger partial charge in [-0.15, -0.1) is 0 Å². The van der Waals surface area contributed by atoms with Crippen molar-refractivity contribution in [2.75, 3.05) is 0 Å². The maximum Gasteiger partial charge on any atom is 0.337 e. The Morgan fingerprint density at radius 3 is 2.35 bits per heavy atom. The van der Waals surface area contributed by atoms with Crippen LogP contribution in [0.4, 0.5) is 0 Å². The zero-order valence-corrected chi connectivity index (χ0v) is 10.5.